The van der Waals surface area contributed by atoms with Crippen LogP contribution in [0.15, 0.2) is 0 Å². The van der Waals surface area contributed by atoms with Crippen molar-refractivity contribution in [1.82, 2.24) is 5.32 Å². The van der Waals surface area contributed by atoms with Crippen LogP contribution >= 0.6 is 0 Å². The summed E-state index contributed by atoms with van der Waals surface area (Å²) in [6.45, 7) is -0.574. The third-order valence-electron chi connectivity index (χ3n) is 2.82. The first kappa shape index (κ1) is 12.4. The summed E-state index contributed by atoms with van der Waals surface area (Å²) in [4.78, 5) is 11.3. The Morgan fingerprint density at radius 1 is 1.33 bits per heavy atom. The van der Waals surface area contributed by atoms with Gasteiger partial charge in [0.05, 0.1) is 6.54 Å². The number of rotatable bonds is 4. The van der Waals surface area contributed by atoms with E-state index < -0.39 is 18.5 Å². The summed E-state index contributed by atoms with van der Waals surface area (Å²) in [5.41, 5.74) is 5.55. The Morgan fingerprint density at radius 3 is 2.47 bits per heavy atom. The molecule has 0 aromatic rings. The van der Waals surface area contributed by atoms with Crippen molar-refractivity contribution in [3.8, 4) is 0 Å². The molecule has 1 fully saturated rings. The van der Waals surface area contributed by atoms with Crippen molar-refractivity contribution < 1.29 is 13.6 Å². The van der Waals surface area contributed by atoms with Gasteiger partial charge in [-0.15, -0.1) is 0 Å². The average molecular weight is 220 g/mol. The maximum Gasteiger partial charge on any atom is 0.255 e. The summed E-state index contributed by atoms with van der Waals surface area (Å²) in [7, 11) is 0. The van der Waals surface area contributed by atoms with Gasteiger partial charge < -0.3 is 11.1 Å². The van der Waals surface area contributed by atoms with Crippen molar-refractivity contribution in [2.24, 2.45) is 5.73 Å². The van der Waals surface area contributed by atoms with Crippen molar-refractivity contribution >= 4 is 5.91 Å². The van der Waals surface area contributed by atoms with Gasteiger partial charge in [-0.2, -0.15) is 0 Å². The highest BCUT2D eigenvalue weighted by Crippen LogP contribution is 2.28. The zero-order valence-electron chi connectivity index (χ0n) is 8.77. The van der Waals surface area contributed by atoms with Crippen LogP contribution in [0, 0.1) is 0 Å². The number of halogens is 2. The molecule has 0 bridgehead atoms. The van der Waals surface area contributed by atoms with Gasteiger partial charge in [0.25, 0.3) is 6.43 Å². The lowest BCUT2D eigenvalue weighted by Gasteiger charge is -2.32. The normalized spacial score (nSPS) is 20.3. The summed E-state index contributed by atoms with van der Waals surface area (Å²) >= 11 is 0. The highest BCUT2D eigenvalue weighted by molar-refractivity contribution is 5.77. The molecule has 3 N–H and O–H groups in total. The Morgan fingerprint density at radius 2 is 1.93 bits per heavy atom. The topological polar surface area (TPSA) is 55.1 Å². The molecule has 0 spiro atoms. The van der Waals surface area contributed by atoms with Crippen LogP contribution < -0.4 is 11.1 Å². The number of nitrogens with one attached hydrogen (secondary N) is 1. The van der Waals surface area contributed by atoms with Gasteiger partial charge in [-0.05, 0) is 12.8 Å². The Kier molecular flexibility index (Phi) is 4.45. The van der Waals surface area contributed by atoms with Crippen LogP contribution in [0.3, 0.4) is 0 Å². The number of carbonyl (C=O) groups excluding carboxylic acids is 1. The number of alkyl halides is 2. The monoisotopic (exact) mass is 220 g/mol. The number of amides is 1. The van der Waals surface area contributed by atoms with Crippen LogP contribution in [0.5, 0.6) is 0 Å². The van der Waals surface area contributed by atoms with Gasteiger partial charge in [0.2, 0.25) is 5.91 Å². The van der Waals surface area contributed by atoms with E-state index in [1.807, 2.05) is 0 Å². The third-order valence-corrected chi connectivity index (χ3v) is 2.82. The molecule has 3 nitrogen and oxygen atoms in total. The highest BCUT2D eigenvalue weighted by atomic mass is 19.3. The third kappa shape index (κ3) is 4.55. The second-order valence-electron chi connectivity index (χ2n) is 4.29. The maximum absolute atomic E-state index is 11.8. The molecular formula is C10H18F2N2O. The second-order valence-corrected chi connectivity index (χ2v) is 4.29. The fourth-order valence-electron chi connectivity index (χ4n) is 2.01. The predicted octanol–water partition coefficient (Wildman–Crippen LogP) is 1.42. The molecule has 0 radical (unpaired) electrons. The van der Waals surface area contributed by atoms with E-state index in [4.69, 9.17) is 5.73 Å². The fourth-order valence-corrected chi connectivity index (χ4v) is 2.01. The van der Waals surface area contributed by atoms with Gasteiger partial charge in [-0.3, -0.25) is 4.79 Å². The minimum atomic E-state index is -2.49. The van der Waals surface area contributed by atoms with E-state index in [0.717, 1.165) is 32.1 Å². The maximum atomic E-state index is 11.8. The SMILES string of the molecule is NC1(CC(=O)NCC(F)F)CCCCC1. The summed E-state index contributed by atoms with van der Waals surface area (Å²) < 4.78 is 23.6. The Balaban J connectivity index is 2.29. The van der Waals surface area contributed by atoms with Crippen molar-refractivity contribution in [2.75, 3.05) is 6.54 Å². The molecule has 0 aromatic carbocycles. The number of carbonyl (C=O) groups is 1. The molecule has 1 rings (SSSR count). The van der Waals surface area contributed by atoms with Gasteiger partial charge in [-0.1, -0.05) is 19.3 Å². The molecule has 1 aliphatic rings. The molecule has 0 saturated heterocycles. The van der Waals surface area contributed by atoms with Gasteiger partial charge in [-0.25, -0.2) is 8.78 Å². The zero-order valence-corrected chi connectivity index (χ0v) is 8.77. The van der Waals surface area contributed by atoms with E-state index in [-0.39, 0.29) is 12.3 Å². The van der Waals surface area contributed by atoms with Crippen LogP contribution in [-0.2, 0) is 4.79 Å². The zero-order chi connectivity index (χ0) is 11.3. The predicted molar refractivity (Wildman–Crippen MR) is 53.6 cm³/mol. The first-order valence-corrected chi connectivity index (χ1v) is 5.36. The number of hydrogen-bond donors (Lipinski definition) is 2. The smallest absolute Gasteiger partial charge is 0.255 e. The first-order chi connectivity index (χ1) is 7.02. The average Bonchev–Trinajstić information content (AvgIpc) is 2.15. The fraction of sp³-hybridized carbons (Fsp3) is 0.900. The minimum Gasteiger partial charge on any atom is -0.350 e. The van der Waals surface area contributed by atoms with Crippen LogP contribution in [0.25, 0.3) is 0 Å². The lowest BCUT2D eigenvalue weighted by Crippen LogP contribution is -2.46. The lowest BCUT2D eigenvalue weighted by atomic mass is 9.80. The van der Waals surface area contributed by atoms with Crippen LogP contribution in [0.4, 0.5) is 8.78 Å². The second kappa shape index (κ2) is 5.39. The van der Waals surface area contributed by atoms with Gasteiger partial charge >= 0.3 is 0 Å². The summed E-state index contributed by atoms with van der Waals surface area (Å²) in [5, 5.41) is 2.19. The molecule has 0 atom stereocenters. The van der Waals surface area contributed by atoms with Gasteiger partial charge in [0, 0.05) is 12.0 Å². The molecule has 0 heterocycles. The molecule has 0 unspecified atom stereocenters. The van der Waals surface area contributed by atoms with E-state index in [1.165, 1.54) is 0 Å². The van der Waals surface area contributed by atoms with E-state index >= 15 is 0 Å². The molecule has 88 valence electrons. The van der Waals surface area contributed by atoms with Gasteiger partial charge in [0.15, 0.2) is 0 Å². The Labute approximate surface area is 88.4 Å². The van der Waals surface area contributed by atoms with E-state index in [0.29, 0.717) is 0 Å². The summed E-state index contributed by atoms with van der Waals surface area (Å²) in [6, 6.07) is 0. The first-order valence-electron chi connectivity index (χ1n) is 5.36. The van der Waals surface area contributed by atoms with E-state index in [9.17, 15) is 13.6 Å². The highest BCUT2D eigenvalue weighted by Gasteiger charge is 2.29. The van der Waals surface area contributed by atoms with Crippen LogP contribution in [-0.4, -0.2) is 24.4 Å². The summed E-state index contributed by atoms with van der Waals surface area (Å²) in [5.74, 6) is -0.361. The van der Waals surface area contributed by atoms with Gasteiger partial charge in [0.1, 0.15) is 0 Å². The minimum absolute atomic E-state index is 0.166. The molecule has 1 aliphatic carbocycles. The molecule has 0 aliphatic heterocycles. The molecule has 1 amide bonds. The summed E-state index contributed by atoms with van der Waals surface area (Å²) in [6.07, 6.45) is 2.51. The molecule has 1 saturated carbocycles. The molecule has 0 aromatic heterocycles. The molecular weight excluding hydrogens is 202 g/mol. The molecule has 15 heavy (non-hydrogen) atoms. The number of nitrogens with two attached hydrogens (primary N) is 1. The lowest BCUT2D eigenvalue weighted by molar-refractivity contribution is -0.123. The quantitative estimate of drug-likeness (QED) is 0.752. The van der Waals surface area contributed by atoms with E-state index in [1.54, 1.807) is 0 Å². The van der Waals surface area contributed by atoms with Crippen LogP contribution in [0.2, 0.25) is 0 Å². The van der Waals surface area contributed by atoms with E-state index in [2.05, 4.69) is 5.32 Å². The van der Waals surface area contributed by atoms with Crippen molar-refractivity contribution in [3.63, 3.8) is 0 Å². The standard InChI is InChI=1S/C10H18F2N2O/c11-8(12)7-14-9(15)6-10(13)4-2-1-3-5-10/h8H,1-7,13H2,(H,14,15). The Hall–Kier alpha value is -0.710. The molecule has 5 heteroatoms. The van der Waals surface area contributed by atoms with Crippen molar-refractivity contribution in [1.29, 1.82) is 0 Å². The van der Waals surface area contributed by atoms with Crippen LogP contribution in [0.1, 0.15) is 38.5 Å². The van der Waals surface area contributed by atoms with Crippen molar-refractivity contribution in [3.05, 3.63) is 0 Å². The largest absolute Gasteiger partial charge is 0.350 e. The number of hydrogen-bond acceptors (Lipinski definition) is 2. The Bertz CT molecular complexity index is 215. The van der Waals surface area contributed by atoms with Crippen molar-refractivity contribution in [2.45, 2.75) is 50.5 Å².